The van der Waals surface area contributed by atoms with Crippen LogP contribution in [0.15, 0.2) is 46.1 Å². The average molecular weight is 453 g/mol. The molecule has 2 aromatic rings. The Morgan fingerprint density at radius 2 is 1.96 bits per heavy atom. The first-order valence-corrected chi connectivity index (χ1v) is 7.61. The van der Waals surface area contributed by atoms with Gasteiger partial charge in [-0.3, -0.25) is 4.99 Å². The molecule has 0 aliphatic rings. The van der Waals surface area contributed by atoms with Crippen LogP contribution in [0.25, 0.3) is 0 Å². The van der Waals surface area contributed by atoms with E-state index in [1.165, 1.54) is 6.07 Å². The third kappa shape index (κ3) is 6.69. The van der Waals surface area contributed by atoms with Gasteiger partial charge in [-0.15, -0.1) is 24.0 Å². The summed E-state index contributed by atoms with van der Waals surface area (Å²) in [6, 6.07) is 8.71. The monoisotopic (exact) mass is 453 g/mol. The highest BCUT2D eigenvalue weighted by Gasteiger charge is 2.09. The molecule has 1 aromatic heterocycles. The molecule has 0 unspecified atom stereocenters. The van der Waals surface area contributed by atoms with E-state index in [2.05, 4.69) is 20.4 Å². The number of hydrogen-bond acceptors (Lipinski definition) is 3. The van der Waals surface area contributed by atoms with Gasteiger partial charge in [-0.1, -0.05) is 18.2 Å². The molecule has 2 rings (SSSR count). The molecule has 0 fully saturated rings. The molecule has 4 nitrogen and oxygen atoms in total. The van der Waals surface area contributed by atoms with Gasteiger partial charge in [0.2, 0.25) is 0 Å². The number of ether oxygens (including phenoxy) is 1. The van der Waals surface area contributed by atoms with Crippen molar-refractivity contribution in [1.29, 1.82) is 0 Å². The Morgan fingerprint density at radius 3 is 2.61 bits per heavy atom. The zero-order chi connectivity index (χ0) is 15.8. The molecule has 0 radical (unpaired) electrons. The molecular formula is C15H18F2IN3OS. The van der Waals surface area contributed by atoms with Crippen molar-refractivity contribution in [2.75, 3.05) is 7.05 Å². The van der Waals surface area contributed by atoms with Crippen molar-refractivity contribution in [2.24, 2.45) is 4.99 Å². The first-order chi connectivity index (χ1) is 10.7. The summed E-state index contributed by atoms with van der Waals surface area (Å²) in [6.45, 7) is -1.85. The summed E-state index contributed by atoms with van der Waals surface area (Å²) in [5, 5.41) is 10.3. The second-order valence-corrected chi connectivity index (χ2v) is 5.18. The van der Waals surface area contributed by atoms with Crippen molar-refractivity contribution >= 4 is 41.3 Å². The van der Waals surface area contributed by atoms with Crippen molar-refractivity contribution in [1.82, 2.24) is 10.6 Å². The van der Waals surface area contributed by atoms with Crippen LogP contribution in [-0.4, -0.2) is 19.6 Å². The SMILES string of the molecule is CN=C(NCc1ccsc1)NCc1ccccc1OC(F)F.I. The third-order valence-corrected chi connectivity index (χ3v) is 3.63. The molecule has 0 aliphatic heterocycles. The molecule has 1 aromatic carbocycles. The molecule has 0 bridgehead atoms. The van der Waals surface area contributed by atoms with Crippen LogP contribution in [0.1, 0.15) is 11.1 Å². The van der Waals surface area contributed by atoms with Gasteiger partial charge in [0.1, 0.15) is 5.75 Å². The molecule has 0 saturated carbocycles. The largest absolute Gasteiger partial charge is 0.434 e. The van der Waals surface area contributed by atoms with Gasteiger partial charge in [-0.05, 0) is 28.5 Å². The normalized spacial score (nSPS) is 11.0. The topological polar surface area (TPSA) is 45.7 Å². The van der Waals surface area contributed by atoms with E-state index in [1.807, 2.05) is 16.8 Å². The maximum Gasteiger partial charge on any atom is 0.387 e. The quantitative estimate of drug-likeness (QED) is 0.397. The highest BCUT2D eigenvalue weighted by atomic mass is 127. The molecule has 126 valence electrons. The molecule has 0 amide bonds. The first-order valence-electron chi connectivity index (χ1n) is 6.67. The standard InChI is InChI=1S/C15H17F2N3OS.HI/c1-18-15(19-8-11-6-7-22-10-11)20-9-12-4-2-3-5-13(12)21-14(16)17;/h2-7,10,14H,8-9H2,1H3,(H2,18,19,20);1H. The van der Waals surface area contributed by atoms with Crippen LogP contribution < -0.4 is 15.4 Å². The van der Waals surface area contributed by atoms with E-state index in [0.29, 0.717) is 24.6 Å². The van der Waals surface area contributed by atoms with E-state index >= 15 is 0 Å². The minimum absolute atomic E-state index is 0. The second-order valence-electron chi connectivity index (χ2n) is 4.40. The number of alkyl halides is 2. The third-order valence-electron chi connectivity index (χ3n) is 2.90. The summed E-state index contributed by atoms with van der Waals surface area (Å²) in [7, 11) is 1.66. The number of para-hydroxylation sites is 1. The van der Waals surface area contributed by atoms with E-state index in [9.17, 15) is 8.78 Å². The van der Waals surface area contributed by atoms with Gasteiger partial charge in [0.25, 0.3) is 0 Å². The molecule has 2 N–H and O–H groups in total. The van der Waals surface area contributed by atoms with Crippen LogP contribution in [-0.2, 0) is 13.1 Å². The number of rotatable bonds is 6. The summed E-state index contributed by atoms with van der Waals surface area (Å²) < 4.78 is 29.2. The van der Waals surface area contributed by atoms with Crippen molar-refractivity contribution in [3.8, 4) is 5.75 Å². The van der Waals surface area contributed by atoms with Gasteiger partial charge < -0.3 is 15.4 Å². The number of thiophene rings is 1. The lowest BCUT2D eigenvalue weighted by Crippen LogP contribution is -2.36. The van der Waals surface area contributed by atoms with Gasteiger partial charge in [0.05, 0.1) is 0 Å². The summed E-state index contributed by atoms with van der Waals surface area (Å²) in [5.41, 5.74) is 1.80. The minimum atomic E-state index is -2.84. The van der Waals surface area contributed by atoms with Crippen LogP contribution in [0.5, 0.6) is 5.75 Å². The van der Waals surface area contributed by atoms with Crippen LogP contribution in [0.2, 0.25) is 0 Å². The number of hydrogen-bond donors (Lipinski definition) is 2. The summed E-state index contributed by atoms with van der Waals surface area (Å²) in [5.74, 6) is 0.760. The average Bonchev–Trinajstić information content (AvgIpc) is 3.01. The lowest BCUT2D eigenvalue weighted by Gasteiger charge is -2.14. The molecular weight excluding hydrogens is 435 g/mol. The summed E-state index contributed by atoms with van der Waals surface area (Å²) in [6.07, 6.45) is 0. The highest BCUT2D eigenvalue weighted by molar-refractivity contribution is 14.0. The number of nitrogens with zero attached hydrogens (tertiary/aromatic N) is 1. The van der Waals surface area contributed by atoms with Crippen molar-refractivity contribution in [2.45, 2.75) is 19.7 Å². The van der Waals surface area contributed by atoms with Gasteiger partial charge in [0, 0.05) is 25.7 Å². The van der Waals surface area contributed by atoms with Gasteiger partial charge in [-0.25, -0.2) is 0 Å². The number of benzene rings is 1. The Hall–Kier alpha value is -1.42. The summed E-state index contributed by atoms with van der Waals surface area (Å²) in [4.78, 5) is 4.10. The van der Waals surface area contributed by atoms with Crippen LogP contribution in [0.3, 0.4) is 0 Å². The lowest BCUT2D eigenvalue weighted by molar-refractivity contribution is -0.0504. The molecule has 0 atom stereocenters. The fourth-order valence-electron chi connectivity index (χ4n) is 1.84. The summed E-state index contributed by atoms with van der Waals surface area (Å²) >= 11 is 1.63. The number of halogens is 3. The Morgan fingerprint density at radius 1 is 1.22 bits per heavy atom. The maximum atomic E-state index is 12.4. The maximum absolute atomic E-state index is 12.4. The number of aliphatic imine (C=N–C) groups is 1. The number of guanidine groups is 1. The predicted octanol–water partition coefficient (Wildman–Crippen LogP) is 3.83. The van der Waals surface area contributed by atoms with E-state index < -0.39 is 6.61 Å². The van der Waals surface area contributed by atoms with Crippen LogP contribution in [0.4, 0.5) is 8.78 Å². The second kappa shape index (κ2) is 10.4. The molecule has 0 spiro atoms. The molecule has 23 heavy (non-hydrogen) atoms. The Kier molecular flexibility index (Phi) is 8.85. The van der Waals surface area contributed by atoms with Gasteiger partial charge in [0.15, 0.2) is 5.96 Å². The Balaban J connectivity index is 0.00000264. The van der Waals surface area contributed by atoms with E-state index in [4.69, 9.17) is 0 Å². The predicted molar refractivity (Wildman–Crippen MR) is 99.8 cm³/mol. The molecule has 0 aliphatic carbocycles. The van der Waals surface area contributed by atoms with Crippen LogP contribution >= 0.6 is 35.3 Å². The zero-order valence-corrected chi connectivity index (χ0v) is 15.6. The minimum Gasteiger partial charge on any atom is -0.434 e. The molecule has 8 heteroatoms. The Bertz CT molecular complexity index is 609. The van der Waals surface area contributed by atoms with Crippen molar-refractivity contribution in [3.63, 3.8) is 0 Å². The fraction of sp³-hybridized carbons (Fsp3) is 0.267. The zero-order valence-electron chi connectivity index (χ0n) is 12.5. The Labute approximate surface area is 155 Å². The fourth-order valence-corrected chi connectivity index (χ4v) is 2.51. The molecule has 0 saturated heterocycles. The first kappa shape index (κ1) is 19.6. The smallest absolute Gasteiger partial charge is 0.387 e. The van der Waals surface area contributed by atoms with E-state index in [-0.39, 0.29) is 29.7 Å². The number of nitrogens with one attached hydrogen (secondary N) is 2. The van der Waals surface area contributed by atoms with Gasteiger partial charge in [-0.2, -0.15) is 20.1 Å². The molecule has 1 heterocycles. The van der Waals surface area contributed by atoms with E-state index in [1.54, 1.807) is 36.6 Å². The lowest BCUT2D eigenvalue weighted by atomic mass is 10.2. The van der Waals surface area contributed by atoms with Crippen molar-refractivity contribution in [3.05, 3.63) is 52.2 Å². The van der Waals surface area contributed by atoms with Crippen molar-refractivity contribution < 1.29 is 13.5 Å². The highest BCUT2D eigenvalue weighted by Crippen LogP contribution is 2.19. The van der Waals surface area contributed by atoms with Crippen LogP contribution in [0, 0.1) is 0 Å². The van der Waals surface area contributed by atoms with E-state index in [0.717, 1.165) is 5.56 Å². The van der Waals surface area contributed by atoms with Gasteiger partial charge >= 0.3 is 6.61 Å².